The summed E-state index contributed by atoms with van der Waals surface area (Å²) in [7, 11) is 0. The molecule has 1 aromatic rings. The third kappa shape index (κ3) is 4.44. The molecule has 0 saturated carbocycles. The van der Waals surface area contributed by atoms with Gasteiger partial charge in [-0.3, -0.25) is 14.9 Å². The highest BCUT2D eigenvalue weighted by atomic mass is 16.6. The first-order valence-corrected chi connectivity index (χ1v) is 7.06. The van der Waals surface area contributed by atoms with Gasteiger partial charge in [0.15, 0.2) is 0 Å². The number of rotatable bonds is 6. The van der Waals surface area contributed by atoms with Crippen molar-refractivity contribution in [1.29, 1.82) is 0 Å². The summed E-state index contributed by atoms with van der Waals surface area (Å²) in [6, 6.07) is 4.09. The first-order valence-electron chi connectivity index (χ1n) is 7.06. The maximum absolute atomic E-state index is 12.1. The van der Waals surface area contributed by atoms with Crippen molar-refractivity contribution in [3.63, 3.8) is 0 Å². The minimum absolute atomic E-state index is 0.0544. The fourth-order valence-electron chi connectivity index (χ4n) is 2.40. The topological polar surface area (TPSA) is 98.3 Å². The lowest BCUT2D eigenvalue weighted by Crippen LogP contribution is -2.33. The largest absolute Gasteiger partial charge is 0.393 e. The van der Waals surface area contributed by atoms with Crippen molar-refractivity contribution in [1.82, 2.24) is 5.32 Å². The molecule has 0 saturated heterocycles. The number of benzene rings is 1. The number of nitrogens with one attached hydrogen (secondary N) is 1. The van der Waals surface area contributed by atoms with Crippen molar-refractivity contribution in [3.05, 3.63) is 33.9 Å². The van der Waals surface area contributed by atoms with Gasteiger partial charge in [0.05, 0.1) is 4.92 Å². The molecule has 6 nitrogen and oxygen atoms in total. The molecule has 1 aromatic carbocycles. The summed E-state index contributed by atoms with van der Waals surface area (Å²) < 4.78 is 0. The molecule has 0 fully saturated rings. The van der Waals surface area contributed by atoms with Crippen LogP contribution in [0.1, 0.15) is 38.1 Å². The Labute approximate surface area is 124 Å². The molecule has 0 unspecified atom stereocenters. The molecular weight excluding hydrogens is 270 g/mol. The van der Waals surface area contributed by atoms with Crippen molar-refractivity contribution in [2.75, 3.05) is 12.3 Å². The number of amides is 1. The third-order valence-corrected chi connectivity index (χ3v) is 3.70. The number of nitro benzene ring substituents is 1. The van der Waals surface area contributed by atoms with E-state index < -0.39 is 4.92 Å². The zero-order chi connectivity index (χ0) is 16.2. The van der Waals surface area contributed by atoms with Gasteiger partial charge in [0.25, 0.3) is 11.6 Å². The Bertz CT molecular complexity index is 519. The van der Waals surface area contributed by atoms with E-state index in [4.69, 9.17) is 5.73 Å². The first kappa shape index (κ1) is 16.9. The molecule has 3 N–H and O–H groups in total. The summed E-state index contributed by atoms with van der Waals surface area (Å²) in [5, 5.41) is 13.7. The normalized spacial score (nSPS) is 11.2. The summed E-state index contributed by atoms with van der Waals surface area (Å²) in [4.78, 5) is 22.4. The fraction of sp³-hybridized carbons (Fsp3) is 0.533. The molecule has 116 valence electrons. The average molecular weight is 293 g/mol. The SMILES string of the molecule is CC(C)C(CNC(=O)c1ccc(N)c([N+](=O)[O-])c1)C(C)C. The molecular formula is C15H23N3O3. The quantitative estimate of drug-likeness (QED) is 0.478. The van der Waals surface area contributed by atoms with Crippen LogP contribution in [0.25, 0.3) is 0 Å². The number of anilines is 1. The molecule has 21 heavy (non-hydrogen) atoms. The molecule has 1 rings (SSSR count). The van der Waals surface area contributed by atoms with Crippen molar-refractivity contribution in [3.8, 4) is 0 Å². The average Bonchev–Trinajstić information content (AvgIpc) is 2.37. The lowest BCUT2D eigenvalue weighted by molar-refractivity contribution is -0.383. The minimum atomic E-state index is -0.586. The summed E-state index contributed by atoms with van der Waals surface area (Å²) in [5.41, 5.74) is 5.58. The van der Waals surface area contributed by atoms with Crippen LogP contribution in [0, 0.1) is 27.9 Å². The van der Waals surface area contributed by atoms with Crippen molar-refractivity contribution < 1.29 is 9.72 Å². The van der Waals surface area contributed by atoms with Crippen LogP contribution in [0.3, 0.4) is 0 Å². The highest BCUT2D eigenvalue weighted by Crippen LogP contribution is 2.23. The number of nitrogens with zero attached hydrogens (tertiary/aromatic N) is 1. The number of hydrogen-bond donors (Lipinski definition) is 2. The number of carbonyl (C=O) groups excluding carboxylic acids is 1. The first-order chi connectivity index (χ1) is 9.73. The van der Waals surface area contributed by atoms with E-state index in [1.54, 1.807) is 0 Å². The van der Waals surface area contributed by atoms with Crippen LogP contribution in [0.4, 0.5) is 11.4 Å². The fourth-order valence-corrected chi connectivity index (χ4v) is 2.40. The van der Waals surface area contributed by atoms with Crippen LogP contribution < -0.4 is 11.1 Å². The molecule has 0 aliphatic heterocycles. The van der Waals surface area contributed by atoms with E-state index in [0.717, 1.165) is 0 Å². The van der Waals surface area contributed by atoms with E-state index >= 15 is 0 Å². The van der Waals surface area contributed by atoms with E-state index in [0.29, 0.717) is 24.3 Å². The molecule has 0 heterocycles. The van der Waals surface area contributed by atoms with Gasteiger partial charge in [-0.15, -0.1) is 0 Å². The van der Waals surface area contributed by atoms with E-state index in [1.165, 1.54) is 18.2 Å². The number of nitro groups is 1. The molecule has 1 amide bonds. The van der Waals surface area contributed by atoms with Crippen LogP contribution in [-0.4, -0.2) is 17.4 Å². The van der Waals surface area contributed by atoms with Crippen molar-refractivity contribution in [2.45, 2.75) is 27.7 Å². The maximum atomic E-state index is 12.1. The lowest BCUT2D eigenvalue weighted by atomic mass is 9.85. The Morgan fingerprint density at radius 1 is 1.29 bits per heavy atom. The van der Waals surface area contributed by atoms with Gasteiger partial charge in [0.2, 0.25) is 0 Å². The summed E-state index contributed by atoms with van der Waals surface area (Å²) in [6.07, 6.45) is 0. The van der Waals surface area contributed by atoms with Gasteiger partial charge in [0.1, 0.15) is 5.69 Å². The van der Waals surface area contributed by atoms with Gasteiger partial charge in [-0.25, -0.2) is 0 Å². The Kier molecular flexibility index (Phi) is 5.69. The highest BCUT2D eigenvalue weighted by molar-refractivity contribution is 5.95. The van der Waals surface area contributed by atoms with Crippen LogP contribution >= 0.6 is 0 Å². The predicted molar refractivity (Wildman–Crippen MR) is 83.0 cm³/mol. The van der Waals surface area contributed by atoms with Gasteiger partial charge < -0.3 is 11.1 Å². The second-order valence-corrected chi connectivity index (χ2v) is 5.89. The van der Waals surface area contributed by atoms with Gasteiger partial charge >= 0.3 is 0 Å². The lowest BCUT2D eigenvalue weighted by Gasteiger charge is -2.25. The highest BCUT2D eigenvalue weighted by Gasteiger charge is 2.20. The Hall–Kier alpha value is -2.11. The van der Waals surface area contributed by atoms with Gasteiger partial charge in [-0.2, -0.15) is 0 Å². The molecule has 0 aliphatic carbocycles. The standard InChI is InChI=1S/C15H23N3O3/c1-9(2)12(10(3)4)8-17-15(19)11-5-6-13(16)14(7-11)18(20)21/h5-7,9-10,12H,8,16H2,1-4H3,(H,17,19). The number of nitrogen functional groups attached to an aromatic ring is 1. The Morgan fingerprint density at radius 3 is 2.33 bits per heavy atom. The second kappa shape index (κ2) is 7.06. The van der Waals surface area contributed by atoms with Gasteiger partial charge in [-0.05, 0) is 29.9 Å². The molecule has 0 bridgehead atoms. The van der Waals surface area contributed by atoms with Gasteiger partial charge in [-0.1, -0.05) is 27.7 Å². The van der Waals surface area contributed by atoms with Crippen molar-refractivity contribution in [2.24, 2.45) is 17.8 Å². The van der Waals surface area contributed by atoms with Crippen LogP contribution in [0.15, 0.2) is 18.2 Å². The molecule has 0 aromatic heterocycles. The smallest absolute Gasteiger partial charge is 0.292 e. The molecule has 0 aliphatic rings. The molecule has 0 spiro atoms. The van der Waals surface area contributed by atoms with E-state index in [-0.39, 0.29) is 22.8 Å². The van der Waals surface area contributed by atoms with E-state index in [9.17, 15) is 14.9 Å². The summed E-state index contributed by atoms with van der Waals surface area (Å²) >= 11 is 0. The van der Waals surface area contributed by atoms with E-state index in [2.05, 4.69) is 33.0 Å². The predicted octanol–water partition coefficient (Wildman–Crippen LogP) is 2.84. The van der Waals surface area contributed by atoms with Crippen molar-refractivity contribution >= 4 is 17.3 Å². The monoisotopic (exact) mass is 293 g/mol. The number of nitrogens with two attached hydrogens (primary N) is 1. The number of carbonyl (C=O) groups is 1. The van der Waals surface area contributed by atoms with E-state index in [1.807, 2.05) is 0 Å². The molecule has 6 heteroatoms. The third-order valence-electron chi connectivity index (χ3n) is 3.70. The Balaban J connectivity index is 2.81. The maximum Gasteiger partial charge on any atom is 0.292 e. The van der Waals surface area contributed by atoms with Crippen LogP contribution in [0.2, 0.25) is 0 Å². The van der Waals surface area contributed by atoms with Crippen LogP contribution in [0.5, 0.6) is 0 Å². The molecule has 0 radical (unpaired) electrons. The second-order valence-electron chi connectivity index (χ2n) is 5.89. The summed E-state index contributed by atoms with van der Waals surface area (Å²) in [5.74, 6) is 0.944. The van der Waals surface area contributed by atoms with Crippen LogP contribution in [-0.2, 0) is 0 Å². The zero-order valence-electron chi connectivity index (χ0n) is 12.9. The Morgan fingerprint density at radius 2 is 1.86 bits per heavy atom. The number of hydrogen-bond acceptors (Lipinski definition) is 4. The molecule has 0 atom stereocenters. The zero-order valence-corrected chi connectivity index (χ0v) is 12.9. The van der Waals surface area contributed by atoms with Gasteiger partial charge in [0, 0.05) is 18.2 Å². The minimum Gasteiger partial charge on any atom is -0.393 e. The summed E-state index contributed by atoms with van der Waals surface area (Å²) in [6.45, 7) is 9.01.